The van der Waals surface area contributed by atoms with Crippen LogP contribution < -0.4 is 15.6 Å². The Morgan fingerprint density at radius 1 is 0.920 bits per heavy atom. The summed E-state index contributed by atoms with van der Waals surface area (Å²) >= 11 is 0. The monoisotopic (exact) mass is 340 g/mol. The van der Waals surface area contributed by atoms with Crippen LogP contribution in [0.25, 0.3) is 0 Å². The lowest BCUT2D eigenvalue weighted by Gasteiger charge is -2.11. The first-order valence-corrected chi connectivity index (χ1v) is 7.33. The third kappa shape index (κ3) is 5.83. The van der Waals surface area contributed by atoms with Gasteiger partial charge in [0, 0.05) is 12.2 Å². The van der Waals surface area contributed by atoms with Crippen LogP contribution in [0.3, 0.4) is 0 Å². The number of carboxylic acid groups (broad SMARTS) is 1. The number of hydrazine groups is 1. The van der Waals surface area contributed by atoms with Crippen LogP contribution in [-0.4, -0.2) is 22.9 Å². The van der Waals surface area contributed by atoms with Crippen LogP contribution in [0, 0.1) is 0 Å². The van der Waals surface area contributed by atoms with Crippen molar-refractivity contribution in [1.82, 2.24) is 10.9 Å². The van der Waals surface area contributed by atoms with Crippen LogP contribution in [0.4, 0.5) is 0 Å². The summed E-state index contributed by atoms with van der Waals surface area (Å²) < 4.78 is 5.66. The number of carboxylic acids is 1. The lowest BCUT2D eigenvalue weighted by Crippen LogP contribution is -2.41. The van der Waals surface area contributed by atoms with Gasteiger partial charge in [0.05, 0.1) is 5.56 Å². The Morgan fingerprint density at radius 2 is 1.60 bits per heavy atom. The zero-order valence-electron chi connectivity index (χ0n) is 13.1. The third-order valence-electron chi connectivity index (χ3n) is 3.05. The van der Waals surface area contributed by atoms with E-state index in [2.05, 4.69) is 10.9 Å². The van der Waals surface area contributed by atoms with Crippen molar-refractivity contribution in [2.75, 3.05) is 0 Å². The van der Waals surface area contributed by atoms with Crippen molar-refractivity contribution in [3.63, 3.8) is 0 Å². The largest absolute Gasteiger partial charge is 0.488 e. The third-order valence-corrected chi connectivity index (χ3v) is 3.05. The molecule has 2 aromatic carbocycles. The second kappa shape index (κ2) is 8.88. The molecule has 0 aliphatic heterocycles. The van der Waals surface area contributed by atoms with Crippen molar-refractivity contribution in [2.24, 2.45) is 0 Å². The molecular weight excluding hydrogens is 324 g/mol. The van der Waals surface area contributed by atoms with E-state index >= 15 is 0 Å². The van der Waals surface area contributed by atoms with Gasteiger partial charge in [-0.05, 0) is 17.7 Å². The first-order chi connectivity index (χ1) is 12.1. The van der Waals surface area contributed by atoms with Gasteiger partial charge in [-0.25, -0.2) is 4.79 Å². The molecule has 0 saturated carbocycles. The van der Waals surface area contributed by atoms with Crippen LogP contribution in [0.5, 0.6) is 5.75 Å². The number of rotatable bonds is 6. The van der Waals surface area contributed by atoms with Crippen molar-refractivity contribution >= 4 is 17.8 Å². The number of hydrogen-bond donors (Lipinski definition) is 3. The number of hydrogen-bond acceptors (Lipinski definition) is 4. The minimum Gasteiger partial charge on any atom is -0.488 e. The zero-order chi connectivity index (χ0) is 18.1. The molecule has 0 saturated heterocycles. The number of nitrogens with one attached hydrogen (secondary N) is 2. The van der Waals surface area contributed by atoms with Gasteiger partial charge < -0.3 is 9.84 Å². The lowest BCUT2D eigenvalue weighted by molar-refractivity contribution is -0.131. The zero-order valence-corrected chi connectivity index (χ0v) is 13.1. The lowest BCUT2D eigenvalue weighted by atomic mass is 10.2. The smallest absolute Gasteiger partial charge is 0.328 e. The van der Waals surface area contributed by atoms with Crippen molar-refractivity contribution in [3.05, 3.63) is 77.9 Å². The Bertz CT molecular complexity index is 787. The number of para-hydroxylation sites is 1. The van der Waals surface area contributed by atoms with Gasteiger partial charge in [-0.2, -0.15) is 0 Å². The van der Waals surface area contributed by atoms with Gasteiger partial charge in [0.25, 0.3) is 11.8 Å². The fourth-order valence-corrected chi connectivity index (χ4v) is 1.89. The van der Waals surface area contributed by atoms with E-state index in [1.807, 2.05) is 30.3 Å². The molecule has 0 aromatic heterocycles. The molecule has 0 bridgehead atoms. The molecule has 0 heterocycles. The Balaban J connectivity index is 1.98. The molecule has 0 fully saturated rings. The summed E-state index contributed by atoms with van der Waals surface area (Å²) in [6.45, 7) is 0.291. The maximum absolute atomic E-state index is 12.2. The molecule has 0 atom stereocenters. The molecule has 25 heavy (non-hydrogen) atoms. The van der Waals surface area contributed by atoms with E-state index in [1.54, 1.807) is 24.3 Å². The molecule has 7 heteroatoms. The van der Waals surface area contributed by atoms with Crippen LogP contribution in [0.15, 0.2) is 66.7 Å². The first-order valence-electron chi connectivity index (χ1n) is 7.33. The number of ether oxygens (including phenoxy) is 1. The van der Waals surface area contributed by atoms with E-state index in [9.17, 15) is 14.4 Å². The number of carbonyl (C=O) groups is 3. The van der Waals surface area contributed by atoms with E-state index in [4.69, 9.17) is 9.84 Å². The quantitative estimate of drug-likeness (QED) is 0.548. The highest BCUT2D eigenvalue weighted by Crippen LogP contribution is 2.19. The molecule has 128 valence electrons. The highest BCUT2D eigenvalue weighted by molar-refractivity contribution is 5.99. The Hall–Kier alpha value is -3.61. The topological polar surface area (TPSA) is 105 Å². The second-order valence-electron chi connectivity index (χ2n) is 4.89. The van der Waals surface area contributed by atoms with Gasteiger partial charge in [-0.1, -0.05) is 42.5 Å². The van der Waals surface area contributed by atoms with Gasteiger partial charge in [0.15, 0.2) is 0 Å². The number of aliphatic carboxylic acids is 1. The van der Waals surface area contributed by atoms with Gasteiger partial charge in [-0.3, -0.25) is 20.4 Å². The fraction of sp³-hybridized carbons (Fsp3) is 0.0556. The number of benzene rings is 2. The highest BCUT2D eigenvalue weighted by atomic mass is 16.5. The minimum absolute atomic E-state index is 0.237. The van der Waals surface area contributed by atoms with Crippen LogP contribution in [0.1, 0.15) is 15.9 Å². The molecule has 7 nitrogen and oxygen atoms in total. The van der Waals surface area contributed by atoms with E-state index < -0.39 is 17.8 Å². The molecule has 0 spiro atoms. The molecule has 0 aliphatic carbocycles. The number of amides is 2. The summed E-state index contributed by atoms with van der Waals surface area (Å²) in [6.07, 6.45) is 1.46. The van der Waals surface area contributed by atoms with Crippen LogP contribution in [-0.2, 0) is 16.2 Å². The molecular formula is C18H16N2O5. The Kier molecular flexibility index (Phi) is 6.30. The van der Waals surface area contributed by atoms with Crippen molar-refractivity contribution < 1.29 is 24.2 Å². The van der Waals surface area contributed by atoms with E-state index in [0.29, 0.717) is 18.4 Å². The average Bonchev–Trinajstić information content (AvgIpc) is 2.63. The van der Waals surface area contributed by atoms with Gasteiger partial charge in [0.1, 0.15) is 12.4 Å². The summed E-state index contributed by atoms with van der Waals surface area (Å²) in [6, 6.07) is 16.1. The summed E-state index contributed by atoms with van der Waals surface area (Å²) in [5, 5.41) is 8.44. The van der Waals surface area contributed by atoms with E-state index in [-0.39, 0.29) is 5.56 Å². The molecule has 0 unspecified atom stereocenters. The normalized spacial score (nSPS) is 10.2. The first kappa shape index (κ1) is 17.7. The van der Waals surface area contributed by atoms with E-state index in [0.717, 1.165) is 11.6 Å². The maximum atomic E-state index is 12.2. The molecule has 0 aliphatic rings. The van der Waals surface area contributed by atoms with Gasteiger partial charge >= 0.3 is 5.97 Å². The predicted molar refractivity (Wildman–Crippen MR) is 89.6 cm³/mol. The summed E-state index contributed by atoms with van der Waals surface area (Å²) in [7, 11) is 0. The van der Waals surface area contributed by atoms with Crippen LogP contribution in [0.2, 0.25) is 0 Å². The fourth-order valence-electron chi connectivity index (χ4n) is 1.89. The minimum atomic E-state index is -1.26. The molecule has 3 N–H and O–H groups in total. The Labute approximate surface area is 143 Å². The van der Waals surface area contributed by atoms with Crippen LogP contribution >= 0.6 is 0 Å². The van der Waals surface area contributed by atoms with Crippen molar-refractivity contribution in [2.45, 2.75) is 6.61 Å². The maximum Gasteiger partial charge on any atom is 0.328 e. The van der Waals surface area contributed by atoms with Crippen molar-refractivity contribution in [3.8, 4) is 5.75 Å². The van der Waals surface area contributed by atoms with Gasteiger partial charge in [0.2, 0.25) is 0 Å². The second-order valence-corrected chi connectivity index (χ2v) is 4.89. The summed E-state index contributed by atoms with van der Waals surface area (Å²) in [4.78, 5) is 33.9. The SMILES string of the molecule is O=C(O)/C=C/C(=O)NNC(=O)c1ccccc1OCc1ccccc1. The molecule has 2 aromatic rings. The molecule has 0 radical (unpaired) electrons. The highest BCUT2D eigenvalue weighted by Gasteiger charge is 2.12. The van der Waals surface area contributed by atoms with E-state index in [1.165, 1.54) is 0 Å². The predicted octanol–water partition coefficient (Wildman–Crippen LogP) is 1.67. The number of carbonyl (C=O) groups excluding carboxylic acids is 2. The standard InChI is InChI=1S/C18H16N2O5/c21-16(10-11-17(22)23)19-20-18(24)14-8-4-5-9-15(14)25-12-13-6-2-1-3-7-13/h1-11H,12H2,(H,19,21)(H,20,24)(H,22,23)/b11-10+. The summed E-state index contributed by atoms with van der Waals surface area (Å²) in [5.41, 5.74) is 5.48. The molecule has 2 amide bonds. The average molecular weight is 340 g/mol. The summed E-state index contributed by atoms with van der Waals surface area (Å²) in [5.74, 6) is -2.25. The van der Waals surface area contributed by atoms with Crippen molar-refractivity contribution in [1.29, 1.82) is 0 Å². The molecule has 2 rings (SSSR count). The Morgan fingerprint density at radius 3 is 2.32 bits per heavy atom. The van der Waals surface area contributed by atoms with Gasteiger partial charge in [-0.15, -0.1) is 0 Å².